The van der Waals surface area contributed by atoms with Crippen molar-refractivity contribution in [3.8, 4) is 17.0 Å². The van der Waals surface area contributed by atoms with Crippen molar-refractivity contribution in [3.05, 3.63) is 59.9 Å². The number of hydrogen-bond acceptors (Lipinski definition) is 6. The number of aromatic nitrogens is 1. The average molecular weight is 552 g/mol. The maximum atomic E-state index is 15.2. The second-order valence-corrected chi connectivity index (χ2v) is 11.2. The van der Waals surface area contributed by atoms with E-state index in [1.54, 1.807) is 12.1 Å². The Balaban J connectivity index is 1.19. The first-order valence-electron chi connectivity index (χ1n) is 14.3. The van der Waals surface area contributed by atoms with Gasteiger partial charge >= 0.3 is 0 Å². The van der Waals surface area contributed by atoms with E-state index in [9.17, 15) is 4.39 Å². The Kier molecular flexibility index (Phi) is 7.49. The summed E-state index contributed by atoms with van der Waals surface area (Å²) in [6, 6.07) is 11.5. The van der Waals surface area contributed by atoms with E-state index in [1.807, 2.05) is 24.8 Å². The third-order valence-electron chi connectivity index (χ3n) is 8.34. The zero-order chi connectivity index (χ0) is 27.8. The van der Waals surface area contributed by atoms with Gasteiger partial charge in [-0.3, -0.25) is 0 Å². The molecule has 1 aromatic heterocycles. The van der Waals surface area contributed by atoms with E-state index in [-0.39, 0.29) is 23.3 Å². The van der Waals surface area contributed by atoms with Gasteiger partial charge in [-0.2, -0.15) is 0 Å². The maximum Gasteiger partial charge on any atom is 0.178 e. The molecular formula is C31H36F3N5O. The Bertz CT molecular complexity index is 1370. The molecule has 0 amide bonds. The first-order chi connectivity index (χ1) is 19.4. The molecule has 0 radical (unpaired) electrons. The van der Waals surface area contributed by atoms with Crippen molar-refractivity contribution < 1.29 is 17.9 Å². The molecule has 0 saturated carbocycles. The third-order valence-corrected chi connectivity index (χ3v) is 8.34. The molecule has 3 aliphatic rings. The van der Waals surface area contributed by atoms with Crippen molar-refractivity contribution in [3.63, 3.8) is 0 Å². The van der Waals surface area contributed by atoms with Crippen LogP contribution >= 0.6 is 0 Å². The molecule has 3 aliphatic heterocycles. The SMILES string of the molecule is CC(C)N1CCOc2c(F)cc(-c3nc(Nc4ccc(N5CCC(N6CCCC6)CC5)c(F)c4)ccc3F)cc21. The number of ether oxygens (including phenoxy) is 1. The largest absolute Gasteiger partial charge is 0.486 e. The summed E-state index contributed by atoms with van der Waals surface area (Å²) in [6.07, 6.45) is 4.66. The Labute approximate surface area is 233 Å². The number of likely N-dealkylation sites (tertiary alicyclic amines) is 1. The van der Waals surface area contributed by atoms with Gasteiger partial charge in [0.15, 0.2) is 11.6 Å². The van der Waals surface area contributed by atoms with Gasteiger partial charge in [0, 0.05) is 36.4 Å². The molecule has 0 spiro atoms. The summed E-state index contributed by atoms with van der Waals surface area (Å²) in [5.41, 5.74) is 2.01. The number of pyridine rings is 1. The number of fused-ring (bicyclic) bond motifs is 1. The van der Waals surface area contributed by atoms with Crippen LogP contribution in [0.4, 0.5) is 36.1 Å². The molecule has 6 nitrogen and oxygen atoms in total. The monoisotopic (exact) mass is 551 g/mol. The molecule has 2 saturated heterocycles. The minimum atomic E-state index is -0.573. The second-order valence-electron chi connectivity index (χ2n) is 11.2. The van der Waals surface area contributed by atoms with Crippen molar-refractivity contribution in [1.82, 2.24) is 9.88 Å². The molecule has 3 aromatic rings. The van der Waals surface area contributed by atoms with Gasteiger partial charge in [-0.15, -0.1) is 0 Å². The van der Waals surface area contributed by atoms with Crippen LogP contribution in [0.15, 0.2) is 42.5 Å². The van der Waals surface area contributed by atoms with Gasteiger partial charge in [-0.1, -0.05) is 0 Å². The summed E-state index contributed by atoms with van der Waals surface area (Å²) in [6.45, 7) is 9.08. The zero-order valence-electron chi connectivity index (χ0n) is 23.1. The van der Waals surface area contributed by atoms with Crippen LogP contribution < -0.4 is 19.9 Å². The lowest BCUT2D eigenvalue weighted by molar-refractivity contribution is 0.207. The topological polar surface area (TPSA) is 43.9 Å². The van der Waals surface area contributed by atoms with E-state index < -0.39 is 11.6 Å². The van der Waals surface area contributed by atoms with Gasteiger partial charge in [0.25, 0.3) is 0 Å². The van der Waals surface area contributed by atoms with Crippen LogP contribution in [0, 0.1) is 17.5 Å². The minimum absolute atomic E-state index is 0.0129. The Morgan fingerprint density at radius 1 is 0.850 bits per heavy atom. The lowest BCUT2D eigenvalue weighted by atomic mass is 10.0. The number of benzene rings is 2. The van der Waals surface area contributed by atoms with Crippen molar-refractivity contribution >= 4 is 22.9 Å². The molecule has 9 heteroatoms. The van der Waals surface area contributed by atoms with Crippen molar-refractivity contribution in [2.45, 2.75) is 51.6 Å². The predicted molar refractivity (Wildman–Crippen MR) is 153 cm³/mol. The summed E-state index contributed by atoms with van der Waals surface area (Å²) < 4.78 is 50.7. The first-order valence-corrected chi connectivity index (χ1v) is 14.3. The third kappa shape index (κ3) is 5.31. The summed E-state index contributed by atoms with van der Waals surface area (Å²) in [7, 11) is 0. The molecule has 1 N–H and O–H groups in total. The summed E-state index contributed by atoms with van der Waals surface area (Å²) in [5, 5.41) is 3.09. The van der Waals surface area contributed by atoms with E-state index in [2.05, 4.69) is 20.1 Å². The van der Waals surface area contributed by atoms with Crippen LogP contribution in [0.5, 0.6) is 5.75 Å². The van der Waals surface area contributed by atoms with E-state index in [1.165, 1.54) is 50.2 Å². The van der Waals surface area contributed by atoms with Crippen molar-refractivity contribution in [2.75, 3.05) is 54.4 Å². The van der Waals surface area contributed by atoms with Crippen LogP contribution in [0.1, 0.15) is 39.5 Å². The van der Waals surface area contributed by atoms with Crippen molar-refractivity contribution in [1.29, 1.82) is 0 Å². The van der Waals surface area contributed by atoms with Crippen molar-refractivity contribution in [2.24, 2.45) is 0 Å². The average Bonchev–Trinajstić information content (AvgIpc) is 3.49. The fourth-order valence-corrected chi connectivity index (χ4v) is 6.26. The van der Waals surface area contributed by atoms with Crippen LogP contribution in [0.3, 0.4) is 0 Å². The first kappa shape index (κ1) is 26.7. The maximum absolute atomic E-state index is 15.2. The lowest BCUT2D eigenvalue weighted by Gasteiger charge is -2.38. The highest BCUT2D eigenvalue weighted by molar-refractivity contribution is 5.74. The van der Waals surface area contributed by atoms with Gasteiger partial charge in [-0.25, -0.2) is 18.2 Å². The molecule has 40 heavy (non-hydrogen) atoms. The standard InChI is InChI=1S/C31H36F3N5O/c1-20(2)39-15-16-40-31-26(34)17-21(18-28(31)39)30-24(32)6-8-29(36-30)35-22-5-7-27(25(33)19-22)38-13-9-23(10-14-38)37-11-3-4-12-37/h5-8,17-20,23H,3-4,9-16H2,1-2H3,(H,35,36). The highest BCUT2D eigenvalue weighted by Gasteiger charge is 2.28. The highest BCUT2D eigenvalue weighted by atomic mass is 19.1. The molecule has 2 fully saturated rings. The van der Waals surface area contributed by atoms with Crippen LogP contribution in [-0.2, 0) is 0 Å². The van der Waals surface area contributed by atoms with Crippen LogP contribution in [0.25, 0.3) is 11.3 Å². The zero-order valence-corrected chi connectivity index (χ0v) is 23.1. The molecule has 0 atom stereocenters. The molecular weight excluding hydrogens is 515 g/mol. The molecule has 212 valence electrons. The van der Waals surface area contributed by atoms with Gasteiger partial charge < -0.3 is 24.8 Å². The fraction of sp³-hybridized carbons (Fsp3) is 0.452. The highest BCUT2D eigenvalue weighted by Crippen LogP contribution is 2.39. The lowest BCUT2D eigenvalue weighted by Crippen LogP contribution is -2.44. The van der Waals surface area contributed by atoms with Gasteiger partial charge in [0.05, 0.1) is 17.9 Å². The number of anilines is 4. The quantitative estimate of drug-likeness (QED) is 0.373. The Morgan fingerprint density at radius 3 is 2.35 bits per heavy atom. The number of rotatable bonds is 6. The van der Waals surface area contributed by atoms with E-state index in [0.717, 1.165) is 25.9 Å². The summed E-state index contributed by atoms with van der Waals surface area (Å²) >= 11 is 0. The smallest absolute Gasteiger partial charge is 0.178 e. The minimum Gasteiger partial charge on any atom is -0.486 e. The number of hydrogen-bond donors (Lipinski definition) is 1. The predicted octanol–water partition coefficient (Wildman–Crippen LogP) is 6.58. The van der Waals surface area contributed by atoms with Gasteiger partial charge in [0.2, 0.25) is 0 Å². The fourth-order valence-electron chi connectivity index (χ4n) is 6.26. The number of halogens is 3. The molecule has 6 rings (SSSR count). The van der Waals surface area contributed by atoms with E-state index in [4.69, 9.17) is 4.74 Å². The Hall–Kier alpha value is -3.46. The number of piperidine rings is 1. The summed E-state index contributed by atoms with van der Waals surface area (Å²) in [5.74, 6) is -0.923. The normalized spacial score (nSPS) is 18.2. The van der Waals surface area contributed by atoms with Crippen LogP contribution in [0.2, 0.25) is 0 Å². The van der Waals surface area contributed by atoms with E-state index in [0.29, 0.717) is 47.6 Å². The Morgan fingerprint density at radius 2 is 1.62 bits per heavy atom. The van der Waals surface area contributed by atoms with Crippen LogP contribution in [-0.4, -0.2) is 61.3 Å². The van der Waals surface area contributed by atoms with E-state index >= 15 is 8.78 Å². The van der Waals surface area contributed by atoms with Gasteiger partial charge in [0.1, 0.15) is 29.8 Å². The van der Waals surface area contributed by atoms with Gasteiger partial charge in [-0.05, 0) is 95.1 Å². The number of nitrogens with one attached hydrogen (secondary N) is 1. The number of nitrogens with zero attached hydrogens (tertiary/aromatic N) is 4. The molecule has 4 heterocycles. The molecule has 0 bridgehead atoms. The molecule has 2 aromatic carbocycles. The molecule has 0 aliphatic carbocycles. The summed E-state index contributed by atoms with van der Waals surface area (Å²) in [4.78, 5) is 11.2. The second kappa shape index (κ2) is 11.2. The molecule has 0 unspecified atom stereocenters.